The van der Waals surface area contributed by atoms with Crippen molar-refractivity contribution in [1.82, 2.24) is 14.5 Å². The molecule has 3 rings (SSSR count). The van der Waals surface area contributed by atoms with E-state index in [9.17, 15) is 0 Å². The highest BCUT2D eigenvalue weighted by Crippen LogP contribution is 2.33. The first-order valence-electron chi connectivity index (χ1n) is 6.92. The molecular weight excluding hydrogens is 254 g/mol. The molecule has 0 aromatic carbocycles. The summed E-state index contributed by atoms with van der Waals surface area (Å²) in [5.41, 5.74) is 1.12. The summed E-state index contributed by atoms with van der Waals surface area (Å²) in [6, 6.07) is 4.97. The van der Waals surface area contributed by atoms with Crippen LogP contribution in [0.25, 0.3) is 0 Å². The third-order valence-electron chi connectivity index (χ3n) is 3.85. The molecule has 3 nitrogen and oxygen atoms in total. The maximum absolute atomic E-state index is 4.71. The zero-order valence-electron chi connectivity index (χ0n) is 11.9. The largest absolute Gasteiger partial charge is 0.336 e. The summed E-state index contributed by atoms with van der Waals surface area (Å²) < 4.78 is 2.19. The lowest BCUT2D eigenvalue weighted by molar-refractivity contribution is 0.238. The molecule has 0 bridgehead atoms. The Balaban J connectivity index is 1.79. The van der Waals surface area contributed by atoms with Gasteiger partial charge in [0.2, 0.25) is 0 Å². The van der Waals surface area contributed by atoms with Crippen molar-refractivity contribution in [3.63, 3.8) is 0 Å². The van der Waals surface area contributed by atoms with Crippen LogP contribution < -0.4 is 0 Å². The number of nitrogens with zero attached hydrogens (tertiary/aromatic N) is 3. The number of rotatable bonds is 3. The fourth-order valence-electron chi connectivity index (χ4n) is 3.02. The predicted octanol–water partition coefficient (Wildman–Crippen LogP) is 3.44. The fourth-order valence-corrected chi connectivity index (χ4v) is 3.94. The topological polar surface area (TPSA) is 21.1 Å². The van der Waals surface area contributed by atoms with Crippen LogP contribution in [-0.2, 0) is 13.6 Å². The normalized spacial score (nSPS) is 20.3. The van der Waals surface area contributed by atoms with E-state index in [1.165, 1.54) is 35.0 Å². The number of hydrogen-bond acceptors (Lipinski definition) is 3. The van der Waals surface area contributed by atoms with Gasteiger partial charge in [0.1, 0.15) is 5.82 Å². The SMILES string of the molecule is Cc1cn(C)c([C@H]2CCCN2Cc2ccc(C)s2)n1. The van der Waals surface area contributed by atoms with Gasteiger partial charge in [0.05, 0.1) is 11.7 Å². The third-order valence-corrected chi connectivity index (χ3v) is 4.83. The molecule has 19 heavy (non-hydrogen) atoms. The van der Waals surface area contributed by atoms with Crippen molar-refractivity contribution < 1.29 is 0 Å². The van der Waals surface area contributed by atoms with E-state index >= 15 is 0 Å². The van der Waals surface area contributed by atoms with Crippen LogP contribution in [0.15, 0.2) is 18.3 Å². The van der Waals surface area contributed by atoms with E-state index < -0.39 is 0 Å². The first-order valence-corrected chi connectivity index (χ1v) is 7.74. The zero-order chi connectivity index (χ0) is 13.4. The van der Waals surface area contributed by atoms with Crippen molar-refractivity contribution in [2.45, 2.75) is 39.3 Å². The van der Waals surface area contributed by atoms with E-state index in [0.29, 0.717) is 6.04 Å². The number of aryl methyl sites for hydroxylation is 3. The Morgan fingerprint density at radius 1 is 1.37 bits per heavy atom. The van der Waals surface area contributed by atoms with Crippen LogP contribution in [0.3, 0.4) is 0 Å². The molecule has 2 aromatic heterocycles. The molecule has 0 amide bonds. The molecule has 0 unspecified atom stereocenters. The van der Waals surface area contributed by atoms with Gasteiger partial charge in [-0.1, -0.05) is 0 Å². The molecule has 1 saturated heterocycles. The van der Waals surface area contributed by atoms with E-state index in [1.54, 1.807) is 0 Å². The molecule has 0 saturated carbocycles. The lowest BCUT2D eigenvalue weighted by Crippen LogP contribution is -2.24. The van der Waals surface area contributed by atoms with Crippen molar-refractivity contribution in [2.24, 2.45) is 7.05 Å². The van der Waals surface area contributed by atoms with Gasteiger partial charge in [-0.15, -0.1) is 11.3 Å². The predicted molar refractivity (Wildman–Crippen MR) is 79.4 cm³/mol. The summed E-state index contributed by atoms with van der Waals surface area (Å²) in [7, 11) is 2.11. The minimum atomic E-state index is 0.487. The Bertz CT molecular complexity index is 570. The van der Waals surface area contributed by atoms with Crippen LogP contribution in [0.4, 0.5) is 0 Å². The highest BCUT2D eigenvalue weighted by Gasteiger charge is 2.29. The number of likely N-dealkylation sites (tertiary alicyclic amines) is 1. The smallest absolute Gasteiger partial charge is 0.126 e. The second kappa shape index (κ2) is 5.10. The van der Waals surface area contributed by atoms with Gasteiger partial charge < -0.3 is 4.57 Å². The lowest BCUT2D eigenvalue weighted by atomic mass is 10.2. The quantitative estimate of drug-likeness (QED) is 0.855. The van der Waals surface area contributed by atoms with Crippen LogP contribution in [0.1, 0.15) is 40.2 Å². The Morgan fingerprint density at radius 3 is 2.84 bits per heavy atom. The molecule has 3 heterocycles. The van der Waals surface area contributed by atoms with Gasteiger partial charge in [0, 0.05) is 29.5 Å². The van der Waals surface area contributed by atoms with Crippen molar-refractivity contribution in [3.8, 4) is 0 Å². The van der Waals surface area contributed by atoms with Gasteiger partial charge >= 0.3 is 0 Å². The molecule has 0 radical (unpaired) electrons. The number of aromatic nitrogens is 2. The highest BCUT2D eigenvalue weighted by molar-refractivity contribution is 7.11. The Labute approximate surface area is 118 Å². The maximum atomic E-state index is 4.71. The monoisotopic (exact) mass is 275 g/mol. The Kier molecular flexibility index (Phi) is 3.46. The third kappa shape index (κ3) is 2.60. The summed E-state index contributed by atoms with van der Waals surface area (Å²) in [6.07, 6.45) is 4.64. The van der Waals surface area contributed by atoms with Gasteiger partial charge in [-0.25, -0.2) is 4.98 Å². The van der Waals surface area contributed by atoms with E-state index in [4.69, 9.17) is 4.98 Å². The molecule has 1 fully saturated rings. The average molecular weight is 275 g/mol. The van der Waals surface area contributed by atoms with Gasteiger partial charge in [-0.2, -0.15) is 0 Å². The highest BCUT2D eigenvalue weighted by atomic mass is 32.1. The summed E-state index contributed by atoms with van der Waals surface area (Å²) >= 11 is 1.91. The molecule has 102 valence electrons. The van der Waals surface area contributed by atoms with Gasteiger partial charge in [0.25, 0.3) is 0 Å². The standard InChI is InChI=1S/C15H21N3S/c1-11-9-17(3)15(16-11)14-5-4-8-18(14)10-13-7-6-12(2)19-13/h6-7,9,14H,4-5,8,10H2,1-3H3/t14-/m1/s1. The summed E-state index contributed by atoms with van der Waals surface area (Å²) in [4.78, 5) is 10.2. The first-order chi connectivity index (χ1) is 9.13. The van der Waals surface area contributed by atoms with Crippen LogP contribution in [-0.4, -0.2) is 21.0 Å². The van der Waals surface area contributed by atoms with Crippen molar-refractivity contribution in [2.75, 3.05) is 6.54 Å². The van der Waals surface area contributed by atoms with Crippen molar-refractivity contribution in [3.05, 3.63) is 39.6 Å². The van der Waals surface area contributed by atoms with E-state index in [0.717, 1.165) is 12.2 Å². The Hall–Kier alpha value is -1.13. The summed E-state index contributed by atoms with van der Waals surface area (Å²) in [6.45, 7) is 6.51. The van der Waals surface area contributed by atoms with Gasteiger partial charge in [-0.3, -0.25) is 4.90 Å². The van der Waals surface area contributed by atoms with Crippen LogP contribution in [0.2, 0.25) is 0 Å². The summed E-state index contributed by atoms with van der Waals surface area (Å²) in [5.74, 6) is 1.23. The van der Waals surface area contributed by atoms with Gasteiger partial charge in [-0.05, 0) is 45.4 Å². The molecule has 1 aliphatic heterocycles. The van der Waals surface area contributed by atoms with Crippen LogP contribution >= 0.6 is 11.3 Å². The Morgan fingerprint density at radius 2 is 2.21 bits per heavy atom. The number of hydrogen-bond donors (Lipinski definition) is 0. The summed E-state index contributed by atoms with van der Waals surface area (Å²) in [5, 5.41) is 0. The first kappa shape index (κ1) is 12.9. The molecule has 4 heteroatoms. The molecule has 0 spiro atoms. The molecule has 2 aromatic rings. The van der Waals surface area contributed by atoms with E-state index in [1.807, 2.05) is 11.3 Å². The van der Waals surface area contributed by atoms with Crippen LogP contribution in [0, 0.1) is 13.8 Å². The molecule has 1 atom stereocenters. The number of imidazole rings is 1. The molecule has 1 aliphatic rings. The molecule has 0 N–H and O–H groups in total. The van der Waals surface area contributed by atoms with Gasteiger partial charge in [0.15, 0.2) is 0 Å². The second-order valence-corrected chi connectivity index (χ2v) is 6.86. The number of thiophene rings is 1. The minimum absolute atomic E-state index is 0.487. The fraction of sp³-hybridized carbons (Fsp3) is 0.533. The van der Waals surface area contributed by atoms with Crippen LogP contribution in [0.5, 0.6) is 0 Å². The zero-order valence-corrected chi connectivity index (χ0v) is 12.7. The average Bonchev–Trinajstić information content (AvgIpc) is 3.02. The van der Waals surface area contributed by atoms with Crippen molar-refractivity contribution >= 4 is 11.3 Å². The maximum Gasteiger partial charge on any atom is 0.126 e. The molecule has 0 aliphatic carbocycles. The van der Waals surface area contributed by atoms with E-state index in [-0.39, 0.29) is 0 Å². The minimum Gasteiger partial charge on any atom is -0.336 e. The van der Waals surface area contributed by atoms with E-state index in [2.05, 4.69) is 48.7 Å². The van der Waals surface area contributed by atoms with Crippen molar-refractivity contribution in [1.29, 1.82) is 0 Å². The molecular formula is C15H21N3S. The lowest BCUT2D eigenvalue weighted by Gasteiger charge is -2.23. The second-order valence-electron chi connectivity index (χ2n) is 5.49.